The van der Waals surface area contributed by atoms with Gasteiger partial charge in [-0.3, -0.25) is 0 Å². The van der Waals surface area contributed by atoms with Crippen LogP contribution in [0.1, 0.15) is 20.7 Å². The number of carbonyl (C=O) groups is 2. The average molecular weight is 235 g/mol. The molecular weight excluding hydrogens is 234 g/mol. The van der Waals surface area contributed by atoms with E-state index in [2.05, 4.69) is 4.74 Å². The van der Waals surface area contributed by atoms with Crippen molar-refractivity contribution in [2.24, 2.45) is 0 Å². The number of benzene rings is 1. The third kappa shape index (κ3) is 1.11. The van der Waals surface area contributed by atoms with Crippen molar-refractivity contribution < 1.29 is 18.7 Å². The Labute approximate surface area is 87.4 Å². The van der Waals surface area contributed by atoms with E-state index in [9.17, 15) is 14.0 Å². The molecule has 1 aromatic carbocycles. The Balaban J connectivity index is 2.82. The van der Waals surface area contributed by atoms with Gasteiger partial charge in [-0.05, 0) is 6.07 Å². The maximum atomic E-state index is 13.3. The minimum Gasteiger partial charge on any atom is -0.386 e. The summed E-state index contributed by atoms with van der Waals surface area (Å²) in [6.45, 7) is 0. The Kier molecular flexibility index (Phi) is 1.97. The summed E-state index contributed by atoms with van der Waals surface area (Å²) in [5.74, 6) is -2.98. The summed E-state index contributed by atoms with van der Waals surface area (Å²) >= 11 is 11.0. The van der Waals surface area contributed by atoms with Crippen molar-refractivity contribution in [1.82, 2.24) is 0 Å². The molecule has 1 heterocycles. The lowest BCUT2D eigenvalue weighted by Crippen LogP contribution is -1.99. The van der Waals surface area contributed by atoms with Crippen molar-refractivity contribution in [3.05, 3.63) is 33.1 Å². The molecule has 1 aliphatic heterocycles. The second kappa shape index (κ2) is 2.93. The summed E-state index contributed by atoms with van der Waals surface area (Å²) in [4.78, 5) is 22.0. The molecule has 0 unspecified atom stereocenters. The molecule has 0 bridgehead atoms. The molecule has 0 radical (unpaired) electrons. The molecule has 0 N–H and O–H groups in total. The summed E-state index contributed by atoms with van der Waals surface area (Å²) in [5, 5.41) is -0.522. The predicted octanol–water partition coefficient (Wildman–Crippen LogP) is 2.44. The number of ether oxygens (including phenoxy) is 1. The van der Waals surface area contributed by atoms with Crippen LogP contribution < -0.4 is 0 Å². The summed E-state index contributed by atoms with van der Waals surface area (Å²) < 4.78 is 17.5. The van der Waals surface area contributed by atoms with Gasteiger partial charge < -0.3 is 4.74 Å². The van der Waals surface area contributed by atoms with Crippen LogP contribution in [0.5, 0.6) is 0 Å². The molecule has 0 saturated heterocycles. The monoisotopic (exact) mass is 234 g/mol. The van der Waals surface area contributed by atoms with Gasteiger partial charge in [0.05, 0.1) is 15.6 Å². The molecule has 0 spiro atoms. The van der Waals surface area contributed by atoms with E-state index in [0.717, 1.165) is 6.07 Å². The average Bonchev–Trinajstić information content (AvgIpc) is 2.38. The molecular formula is C8HCl2FO3. The van der Waals surface area contributed by atoms with Crippen LogP contribution in [0.3, 0.4) is 0 Å². The lowest BCUT2D eigenvalue weighted by Gasteiger charge is -1.99. The topological polar surface area (TPSA) is 43.4 Å². The number of rotatable bonds is 0. The highest BCUT2D eigenvalue weighted by Crippen LogP contribution is 2.33. The van der Waals surface area contributed by atoms with E-state index >= 15 is 0 Å². The number of hydrogen-bond acceptors (Lipinski definition) is 3. The van der Waals surface area contributed by atoms with Crippen LogP contribution in [0, 0.1) is 5.82 Å². The molecule has 0 atom stereocenters. The van der Waals surface area contributed by atoms with Crippen LogP contribution in [0.15, 0.2) is 6.07 Å². The van der Waals surface area contributed by atoms with Gasteiger partial charge in [0.1, 0.15) is 5.56 Å². The number of halogens is 3. The first-order valence-electron chi connectivity index (χ1n) is 3.46. The Bertz CT molecular complexity index is 470. The van der Waals surface area contributed by atoms with Gasteiger partial charge in [-0.15, -0.1) is 0 Å². The van der Waals surface area contributed by atoms with Crippen molar-refractivity contribution >= 4 is 35.1 Å². The summed E-state index contributed by atoms with van der Waals surface area (Å²) in [5.41, 5.74) is -0.647. The minimum atomic E-state index is -1.04. The van der Waals surface area contributed by atoms with Gasteiger partial charge in [-0.25, -0.2) is 14.0 Å². The fourth-order valence-corrected chi connectivity index (χ4v) is 1.49. The van der Waals surface area contributed by atoms with Gasteiger partial charge in [-0.1, -0.05) is 23.2 Å². The van der Waals surface area contributed by atoms with Crippen LogP contribution in [-0.4, -0.2) is 11.9 Å². The maximum absolute atomic E-state index is 13.3. The minimum absolute atomic E-state index is 0.130. The van der Waals surface area contributed by atoms with Crippen molar-refractivity contribution in [3.63, 3.8) is 0 Å². The quantitative estimate of drug-likeness (QED) is 0.394. The zero-order chi connectivity index (χ0) is 10.5. The Morgan fingerprint density at radius 2 is 1.86 bits per heavy atom. The van der Waals surface area contributed by atoms with Crippen LogP contribution in [0.4, 0.5) is 4.39 Å². The Morgan fingerprint density at radius 1 is 1.21 bits per heavy atom. The van der Waals surface area contributed by atoms with Crippen LogP contribution in [0.2, 0.25) is 10.0 Å². The standard InChI is InChI=1S/C8HCl2FO3/c9-3-1-2-4(6(11)5(3)10)8(13)14-7(2)12/h1H. The zero-order valence-electron chi connectivity index (χ0n) is 6.44. The van der Waals surface area contributed by atoms with Gasteiger partial charge in [0, 0.05) is 0 Å². The molecule has 72 valence electrons. The van der Waals surface area contributed by atoms with E-state index in [1.165, 1.54) is 0 Å². The highest BCUT2D eigenvalue weighted by Gasteiger charge is 2.35. The molecule has 3 nitrogen and oxygen atoms in total. The van der Waals surface area contributed by atoms with E-state index in [0.29, 0.717) is 0 Å². The highest BCUT2D eigenvalue weighted by molar-refractivity contribution is 6.43. The fraction of sp³-hybridized carbons (Fsp3) is 0. The number of esters is 2. The normalized spacial score (nSPS) is 14.2. The van der Waals surface area contributed by atoms with E-state index in [1.54, 1.807) is 0 Å². The molecule has 6 heteroatoms. The van der Waals surface area contributed by atoms with E-state index in [-0.39, 0.29) is 10.6 Å². The third-order valence-corrected chi connectivity index (χ3v) is 2.54. The first-order valence-corrected chi connectivity index (χ1v) is 4.22. The van der Waals surface area contributed by atoms with Gasteiger partial charge >= 0.3 is 11.9 Å². The second-order valence-electron chi connectivity index (χ2n) is 2.59. The lowest BCUT2D eigenvalue weighted by atomic mass is 10.1. The molecule has 0 aliphatic carbocycles. The molecule has 1 aliphatic rings. The third-order valence-electron chi connectivity index (χ3n) is 1.77. The Morgan fingerprint density at radius 3 is 2.50 bits per heavy atom. The number of fused-ring (bicyclic) bond motifs is 1. The maximum Gasteiger partial charge on any atom is 0.349 e. The first kappa shape index (κ1) is 9.43. The number of carbonyl (C=O) groups excluding carboxylic acids is 2. The second-order valence-corrected chi connectivity index (χ2v) is 3.37. The predicted molar refractivity (Wildman–Crippen MR) is 46.2 cm³/mol. The van der Waals surface area contributed by atoms with Gasteiger partial charge in [-0.2, -0.15) is 0 Å². The van der Waals surface area contributed by atoms with Crippen molar-refractivity contribution in [1.29, 1.82) is 0 Å². The lowest BCUT2D eigenvalue weighted by molar-refractivity contribution is 0.0442. The van der Waals surface area contributed by atoms with Crippen LogP contribution in [0.25, 0.3) is 0 Å². The van der Waals surface area contributed by atoms with Crippen molar-refractivity contribution in [3.8, 4) is 0 Å². The van der Waals surface area contributed by atoms with Crippen LogP contribution in [-0.2, 0) is 4.74 Å². The smallest absolute Gasteiger partial charge is 0.349 e. The molecule has 0 fully saturated rings. The van der Waals surface area contributed by atoms with E-state index in [1.807, 2.05) is 0 Å². The van der Waals surface area contributed by atoms with Crippen molar-refractivity contribution in [2.45, 2.75) is 0 Å². The SMILES string of the molecule is O=C1OC(=O)c2c1cc(Cl)c(Cl)c2F. The first-order chi connectivity index (χ1) is 6.52. The summed E-state index contributed by atoms with van der Waals surface area (Å²) in [7, 11) is 0. The number of hydrogen-bond donors (Lipinski definition) is 0. The molecule has 0 saturated carbocycles. The Hall–Kier alpha value is -1.13. The highest BCUT2D eigenvalue weighted by atomic mass is 35.5. The molecule has 2 rings (SSSR count). The van der Waals surface area contributed by atoms with Gasteiger partial charge in [0.25, 0.3) is 0 Å². The van der Waals surface area contributed by atoms with E-state index < -0.39 is 28.3 Å². The number of cyclic esters (lactones) is 2. The van der Waals surface area contributed by atoms with Crippen LogP contribution >= 0.6 is 23.2 Å². The van der Waals surface area contributed by atoms with Crippen molar-refractivity contribution in [2.75, 3.05) is 0 Å². The van der Waals surface area contributed by atoms with E-state index in [4.69, 9.17) is 23.2 Å². The van der Waals surface area contributed by atoms with Gasteiger partial charge in [0.15, 0.2) is 5.82 Å². The molecule has 0 amide bonds. The van der Waals surface area contributed by atoms with Gasteiger partial charge in [0.2, 0.25) is 0 Å². The molecule has 0 aromatic heterocycles. The molecule has 1 aromatic rings. The fourth-order valence-electron chi connectivity index (χ4n) is 1.15. The zero-order valence-corrected chi connectivity index (χ0v) is 7.95. The largest absolute Gasteiger partial charge is 0.386 e. The summed E-state index contributed by atoms with van der Waals surface area (Å²) in [6, 6.07) is 1.11. The molecule has 14 heavy (non-hydrogen) atoms. The summed E-state index contributed by atoms with van der Waals surface area (Å²) in [6.07, 6.45) is 0.